The molecule has 1 aliphatic rings. The molecule has 3 heterocycles. The summed E-state index contributed by atoms with van der Waals surface area (Å²) >= 11 is 0. The van der Waals surface area contributed by atoms with E-state index in [-0.39, 0.29) is 11.9 Å². The zero-order valence-electron chi connectivity index (χ0n) is 15.0. The molecule has 1 atom stereocenters. The van der Waals surface area contributed by atoms with E-state index < -0.39 is 0 Å². The van der Waals surface area contributed by atoms with Gasteiger partial charge in [-0.25, -0.2) is 0 Å². The fraction of sp³-hybridized carbons (Fsp3) is 0.300. The minimum absolute atomic E-state index is 0.0300. The number of nitrogens with zero attached hydrogens (tertiary/aromatic N) is 3. The number of aromatic amines is 1. The molecule has 1 aromatic carbocycles. The summed E-state index contributed by atoms with van der Waals surface area (Å²) < 4.78 is 7.87. The summed E-state index contributed by atoms with van der Waals surface area (Å²) in [5.41, 5.74) is 3.25. The van der Waals surface area contributed by atoms with Gasteiger partial charge in [0.25, 0.3) is 5.91 Å². The number of nitrogens with one attached hydrogen (secondary N) is 1. The monoisotopic (exact) mass is 350 g/mol. The molecule has 0 saturated carbocycles. The first-order valence-corrected chi connectivity index (χ1v) is 8.92. The van der Waals surface area contributed by atoms with E-state index in [9.17, 15) is 4.79 Å². The Bertz CT molecular complexity index is 927. The Kier molecular flexibility index (Phi) is 4.24. The molecule has 0 spiro atoms. The predicted molar refractivity (Wildman–Crippen MR) is 99.1 cm³/mol. The number of hydrogen-bond donors (Lipinski definition) is 1. The van der Waals surface area contributed by atoms with Crippen molar-refractivity contribution in [3.05, 3.63) is 60.0 Å². The molecule has 0 fully saturated rings. The molecule has 0 aliphatic carbocycles. The largest absolute Gasteiger partial charge is 0.493 e. The Morgan fingerprint density at radius 2 is 2.12 bits per heavy atom. The van der Waals surface area contributed by atoms with Gasteiger partial charge in [0, 0.05) is 30.5 Å². The number of para-hydroxylation sites is 1. The van der Waals surface area contributed by atoms with E-state index in [0.29, 0.717) is 24.5 Å². The molecule has 6 heteroatoms. The predicted octanol–water partition coefficient (Wildman–Crippen LogP) is 3.49. The molecule has 3 aromatic rings. The van der Waals surface area contributed by atoms with Crippen molar-refractivity contribution < 1.29 is 9.53 Å². The molecule has 4 rings (SSSR count). The van der Waals surface area contributed by atoms with Gasteiger partial charge in [0.15, 0.2) is 0 Å². The van der Waals surface area contributed by atoms with E-state index in [1.54, 1.807) is 6.07 Å². The van der Waals surface area contributed by atoms with Crippen LogP contribution in [-0.4, -0.2) is 38.7 Å². The number of fused-ring (bicyclic) bond motifs is 1. The molecule has 0 bridgehead atoms. The van der Waals surface area contributed by atoms with Gasteiger partial charge in [0.05, 0.1) is 18.3 Å². The number of rotatable bonds is 4. The van der Waals surface area contributed by atoms with E-state index in [1.807, 2.05) is 42.2 Å². The molecule has 0 unspecified atom stereocenters. The van der Waals surface area contributed by atoms with Gasteiger partial charge >= 0.3 is 0 Å². The number of hydrogen-bond acceptors (Lipinski definition) is 3. The molecule has 1 N–H and O–H groups in total. The van der Waals surface area contributed by atoms with Crippen molar-refractivity contribution in [3.8, 4) is 17.0 Å². The Morgan fingerprint density at radius 3 is 2.96 bits per heavy atom. The molecule has 2 aromatic heterocycles. The van der Waals surface area contributed by atoms with E-state index in [2.05, 4.69) is 34.0 Å². The standard InChI is InChI=1S/C20H22N4O2/c1-3-26-19-9-5-4-7-15(19)16-13-17(22-21-16)20(25)24-12-11-23-10-6-8-18(23)14(24)2/h4-10,13-14H,3,11-12H2,1-2H3,(H,21,22)/t14-/m1/s1. The van der Waals surface area contributed by atoms with Gasteiger partial charge in [-0.15, -0.1) is 0 Å². The lowest BCUT2D eigenvalue weighted by molar-refractivity contribution is 0.0638. The third-order valence-electron chi connectivity index (χ3n) is 4.87. The number of amides is 1. The van der Waals surface area contributed by atoms with Gasteiger partial charge in [-0.2, -0.15) is 5.10 Å². The van der Waals surface area contributed by atoms with Gasteiger partial charge in [-0.05, 0) is 44.2 Å². The zero-order valence-corrected chi connectivity index (χ0v) is 15.0. The fourth-order valence-electron chi connectivity index (χ4n) is 3.54. The summed E-state index contributed by atoms with van der Waals surface area (Å²) in [6.07, 6.45) is 2.06. The third kappa shape index (κ3) is 2.77. The number of benzene rings is 1. The van der Waals surface area contributed by atoms with Crippen LogP contribution in [-0.2, 0) is 6.54 Å². The minimum atomic E-state index is -0.0300. The molecular formula is C20H22N4O2. The van der Waals surface area contributed by atoms with Crippen LogP contribution in [0.25, 0.3) is 11.3 Å². The van der Waals surface area contributed by atoms with Gasteiger partial charge in [-0.1, -0.05) is 12.1 Å². The lowest BCUT2D eigenvalue weighted by Crippen LogP contribution is -2.40. The third-order valence-corrected chi connectivity index (χ3v) is 4.87. The molecule has 1 amide bonds. The van der Waals surface area contributed by atoms with E-state index >= 15 is 0 Å². The number of aromatic nitrogens is 3. The Balaban J connectivity index is 1.60. The summed E-state index contributed by atoms with van der Waals surface area (Å²) in [6, 6.07) is 13.7. The van der Waals surface area contributed by atoms with Crippen LogP contribution in [0.4, 0.5) is 0 Å². The van der Waals surface area contributed by atoms with Crippen molar-refractivity contribution in [1.29, 1.82) is 0 Å². The lowest BCUT2D eigenvalue weighted by atomic mass is 10.1. The maximum absolute atomic E-state index is 13.0. The quantitative estimate of drug-likeness (QED) is 0.783. The highest BCUT2D eigenvalue weighted by Crippen LogP contribution is 2.30. The van der Waals surface area contributed by atoms with Crippen LogP contribution in [0, 0.1) is 0 Å². The normalized spacial score (nSPS) is 16.4. The SMILES string of the molecule is CCOc1ccccc1-c1cc(C(=O)N2CCn3cccc3[C@H]2C)[nH]n1. The van der Waals surface area contributed by atoms with Gasteiger partial charge in [0.1, 0.15) is 11.4 Å². The second-order valence-electron chi connectivity index (χ2n) is 6.40. The summed E-state index contributed by atoms with van der Waals surface area (Å²) in [4.78, 5) is 14.9. The fourth-order valence-corrected chi connectivity index (χ4v) is 3.54. The Hall–Kier alpha value is -3.02. The average Bonchev–Trinajstić information content (AvgIpc) is 3.32. The highest BCUT2D eigenvalue weighted by atomic mass is 16.5. The van der Waals surface area contributed by atoms with Crippen LogP contribution < -0.4 is 4.74 Å². The summed E-state index contributed by atoms with van der Waals surface area (Å²) in [7, 11) is 0. The summed E-state index contributed by atoms with van der Waals surface area (Å²) in [5.74, 6) is 0.738. The van der Waals surface area contributed by atoms with E-state index in [4.69, 9.17) is 4.74 Å². The smallest absolute Gasteiger partial charge is 0.272 e. The van der Waals surface area contributed by atoms with Crippen LogP contribution in [0.15, 0.2) is 48.7 Å². The topological polar surface area (TPSA) is 63.1 Å². The molecular weight excluding hydrogens is 328 g/mol. The van der Waals surface area contributed by atoms with E-state index in [0.717, 1.165) is 23.6 Å². The number of H-pyrrole nitrogens is 1. The molecule has 6 nitrogen and oxygen atoms in total. The van der Waals surface area contributed by atoms with Crippen molar-refractivity contribution in [1.82, 2.24) is 19.7 Å². The lowest BCUT2D eigenvalue weighted by Gasteiger charge is -2.34. The highest BCUT2D eigenvalue weighted by Gasteiger charge is 2.29. The van der Waals surface area contributed by atoms with Crippen molar-refractivity contribution in [2.45, 2.75) is 26.4 Å². The second-order valence-corrected chi connectivity index (χ2v) is 6.40. The van der Waals surface area contributed by atoms with Crippen LogP contribution in [0.1, 0.15) is 36.1 Å². The van der Waals surface area contributed by atoms with Crippen LogP contribution in [0.5, 0.6) is 5.75 Å². The molecule has 134 valence electrons. The minimum Gasteiger partial charge on any atom is -0.493 e. The number of ether oxygens (including phenoxy) is 1. The molecule has 0 saturated heterocycles. The molecule has 1 aliphatic heterocycles. The second kappa shape index (κ2) is 6.71. The van der Waals surface area contributed by atoms with Crippen LogP contribution >= 0.6 is 0 Å². The average molecular weight is 350 g/mol. The van der Waals surface area contributed by atoms with E-state index in [1.165, 1.54) is 0 Å². The Morgan fingerprint density at radius 1 is 1.27 bits per heavy atom. The van der Waals surface area contributed by atoms with Crippen molar-refractivity contribution in [3.63, 3.8) is 0 Å². The van der Waals surface area contributed by atoms with Crippen LogP contribution in [0.3, 0.4) is 0 Å². The van der Waals surface area contributed by atoms with Crippen LogP contribution in [0.2, 0.25) is 0 Å². The summed E-state index contributed by atoms with van der Waals surface area (Å²) in [5, 5.41) is 7.25. The number of carbonyl (C=O) groups excluding carboxylic acids is 1. The highest BCUT2D eigenvalue weighted by molar-refractivity contribution is 5.94. The van der Waals surface area contributed by atoms with Crippen molar-refractivity contribution >= 4 is 5.91 Å². The first kappa shape index (κ1) is 16.4. The Labute approximate surface area is 152 Å². The maximum Gasteiger partial charge on any atom is 0.272 e. The first-order chi connectivity index (χ1) is 12.7. The van der Waals surface area contributed by atoms with Crippen molar-refractivity contribution in [2.75, 3.05) is 13.2 Å². The van der Waals surface area contributed by atoms with Gasteiger partial charge < -0.3 is 14.2 Å². The van der Waals surface area contributed by atoms with Gasteiger partial charge in [0.2, 0.25) is 0 Å². The molecule has 26 heavy (non-hydrogen) atoms. The number of carbonyl (C=O) groups is 1. The summed E-state index contributed by atoms with van der Waals surface area (Å²) in [6.45, 7) is 6.09. The molecule has 0 radical (unpaired) electrons. The zero-order chi connectivity index (χ0) is 18.1. The van der Waals surface area contributed by atoms with Gasteiger partial charge in [-0.3, -0.25) is 9.89 Å². The van der Waals surface area contributed by atoms with Crippen molar-refractivity contribution in [2.24, 2.45) is 0 Å². The maximum atomic E-state index is 13.0. The first-order valence-electron chi connectivity index (χ1n) is 8.92.